The molecule has 138 valence electrons. The van der Waals surface area contributed by atoms with E-state index in [1.165, 1.54) is 11.3 Å². The second-order valence-corrected chi connectivity index (χ2v) is 6.77. The molecule has 0 N–H and O–H groups in total. The first-order valence-corrected chi connectivity index (χ1v) is 9.52. The molecular weight excluding hydrogens is 352 g/mol. The van der Waals surface area contributed by atoms with E-state index in [2.05, 4.69) is 0 Å². The highest BCUT2D eigenvalue weighted by molar-refractivity contribution is 7.12. The molecule has 26 heavy (non-hydrogen) atoms. The number of nitrogens with zero attached hydrogens (tertiary/aromatic N) is 2. The molecule has 1 aromatic carbocycles. The number of benzene rings is 1. The maximum atomic E-state index is 12.4. The number of para-hydroxylation sites is 2. The van der Waals surface area contributed by atoms with Crippen LogP contribution in [0.3, 0.4) is 0 Å². The van der Waals surface area contributed by atoms with Crippen LogP contribution in [0.25, 0.3) is 0 Å². The molecule has 0 radical (unpaired) electrons. The Morgan fingerprint density at radius 1 is 0.962 bits per heavy atom. The zero-order valence-corrected chi connectivity index (χ0v) is 15.5. The third-order valence-corrected chi connectivity index (χ3v) is 5.01. The topological polar surface area (TPSA) is 59.1 Å². The maximum Gasteiger partial charge on any atom is 0.264 e. The average Bonchev–Trinajstić information content (AvgIpc) is 3.21. The lowest BCUT2D eigenvalue weighted by Crippen LogP contribution is -2.51. The number of rotatable bonds is 6. The van der Waals surface area contributed by atoms with Crippen LogP contribution in [0.1, 0.15) is 16.6 Å². The molecule has 3 rings (SSSR count). The van der Waals surface area contributed by atoms with E-state index < -0.39 is 0 Å². The van der Waals surface area contributed by atoms with Crippen LogP contribution < -0.4 is 9.47 Å². The summed E-state index contributed by atoms with van der Waals surface area (Å²) in [6.45, 7) is 4.52. The molecule has 0 unspecified atom stereocenters. The summed E-state index contributed by atoms with van der Waals surface area (Å²) >= 11 is 1.44. The molecule has 0 spiro atoms. The van der Waals surface area contributed by atoms with E-state index >= 15 is 0 Å². The fraction of sp³-hybridized carbons (Fsp3) is 0.368. The van der Waals surface area contributed by atoms with E-state index in [1.54, 1.807) is 15.9 Å². The quantitative estimate of drug-likeness (QED) is 0.780. The van der Waals surface area contributed by atoms with E-state index in [9.17, 15) is 9.59 Å². The lowest BCUT2D eigenvalue weighted by molar-refractivity contribution is -0.134. The summed E-state index contributed by atoms with van der Waals surface area (Å²) < 4.78 is 11.1. The van der Waals surface area contributed by atoms with E-state index in [-0.39, 0.29) is 18.4 Å². The van der Waals surface area contributed by atoms with Gasteiger partial charge in [-0.1, -0.05) is 18.2 Å². The van der Waals surface area contributed by atoms with Crippen molar-refractivity contribution in [1.82, 2.24) is 9.80 Å². The Balaban J connectivity index is 1.49. The maximum absolute atomic E-state index is 12.4. The van der Waals surface area contributed by atoms with Crippen LogP contribution in [-0.2, 0) is 4.79 Å². The van der Waals surface area contributed by atoms with Gasteiger partial charge in [0.1, 0.15) is 0 Å². The SMILES string of the molecule is CCOc1ccccc1OCC(=O)N1CCN(C(=O)c2cccs2)CC1. The van der Waals surface area contributed by atoms with Gasteiger partial charge in [0, 0.05) is 26.2 Å². The summed E-state index contributed by atoms with van der Waals surface area (Å²) in [5.41, 5.74) is 0. The molecule has 1 aliphatic heterocycles. The van der Waals surface area contributed by atoms with Crippen molar-refractivity contribution in [2.24, 2.45) is 0 Å². The van der Waals surface area contributed by atoms with Crippen LogP contribution >= 0.6 is 11.3 Å². The Bertz CT molecular complexity index is 740. The first-order chi connectivity index (χ1) is 12.7. The first-order valence-electron chi connectivity index (χ1n) is 8.64. The Kier molecular flexibility index (Phi) is 6.12. The molecule has 1 saturated heterocycles. The largest absolute Gasteiger partial charge is 0.490 e. The molecule has 0 bridgehead atoms. The molecule has 2 amide bonds. The van der Waals surface area contributed by atoms with E-state index in [0.29, 0.717) is 44.3 Å². The number of amides is 2. The van der Waals surface area contributed by atoms with Crippen molar-refractivity contribution in [3.63, 3.8) is 0 Å². The Labute approximate surface area is 156 Å². The van der Waals surface area contributed by atoms with Crippen molar-refractivity contribution in [3.8, 4) is 11.5 Å². The van der Waals surface area contributed by atoms with Crippen LogP contribution in [0, 0.1) is 0 Å². The molecule has 1 aliphatic rings. The molecule has 7 heteroatoms. The number of piperazine rings is 1. The number of carbonyl (C=O) groups is 2. The van der Waals surface area contributed by atoms with Crippen LogP contribution in [-0.4, -0.2) is 61.0 Å². The molecule has 2 heterocycles. The highest BCUT2D eigenvalue weighted by atomic mass is 32.1. The van der Waals surface area contributed by atoms with Crippen LogP contribution in [0.2, 0.25) is 0 Å². The fourth-order valence-electron chi connectivity index (χ4n) is 2.79. The van der Waals surface area contributed by atoms with Crippen LogP contribution in [0.5, 0.6) is 11.5 Å². The van der Waals surface area contributed by atoms with Crippen molar-refractivity contribution < 1.29 is 19.1 Å². The minimum atomic E-state index is -0.0838. The van der Waals surface area contributed by atoms with Crippen molar-refractivity contribution in [3.05, 3.63) is 46.7 Å². The van der Waals surface area contributed by atoms with Gasteiger partial charge in [0.25, 0.3) is 11.8 Å². The van der Waals surface area contributed by atoms with E-state index in [4.69, 9.17) is 9.47 Å². The third-order valence-electron chi connectivity index (χ3n) is 4.15. The summed E-state index contributed by atoms with van der Waals surface area (Å²) in [5, 5.41) is 1.89. The Morgan fingerprint density at radius 3 is 2.23 bits per heavy atom. The van der Waals surface area contributed by atoms with Gasteiger partial charge in [0.2, 0.25) is 0 Å². The summed E-state index contributed by atoms with van der Waals surface area (Å²) in [6.07, 6.45) is 0. The van der Waals surface area contributed by atoms with Crippen LogP contribution in [0.15, 0.2) is 41.8 Å². The zero-order chi connectivity index (χ0) is 18.4. The monoisotopic (exact) mass is 374 g/mol. The van der Waals surface area contributed by atoms with Crippen molar-refractivity contribution in [2.45, 2.75) is 6.92 Å². The summed E-state index contributed by atoms with van der Waals surface area (Å²) in [5.74, 6) is 1.15. The van der Waals surface area contributed by atoms with Gasteiger partial charge in [-0.2, -0.15) is 0 Å². The predicted molar refractivity (Wildman–Crippen MR) is 99.9 cm³/mol. The van der Waals surface area contributed by atoms with Gasteiger partial charge in [-0.05, 0) is 30.5 Å². The Hall–Kier alpha value is -2.54. The normalized spacial score (nSPS) is 14.2. The van der Waals surface area contributed by atoms with Gasteiger partial charge >= 0.3 is 0 Å². The van der Waals surface area contributed by atoms with Gasteiger partial charge in [0.05, 0.1) is 11.5 Å². The van der Waals surface area contributed by atoms with Crippen molar-refractivity contribution in [1.29, 1.82) is 0 Å². The number of carbonyl (C=O) groups excluding carboxylic acids is 2. The lowest BCUT2D eigenvalue weighted by atomic mass is 10.3. The van der Waals surface area contributed by atoms with Gasteiger partial charge in [0.15, 0.2) is 18.1 Å². The molecule has 1 fully saturated rings. The molecule has 0 atom stereocenters. The summed E-state index contributed by atoms with van der Waals surface area (Å²) in [6, 6.07) is 11.0. The minimum absolute atomic E-state index is 0.0361. The van der Waals surface area contributed by atoms with Gasteiger partial charge in [-0.3, -0.25) is 9.59 Å². The van der Waals surface area contributed by atoms with Gasteiger partial charge in [-0.15, -0.1) is 11.3 Å². The molecule has 1 aromatic heterocycles. The highest BCUT2D eigenvalue weighted by Crippen LogP contribution is 2.26. The highest BCUT2D eigenvalue weighted by Gasteiger charge is 2.25. The van der Waals surface area contributed by atoms with Crippen LogP contribution in [0.4, 0.5) is 0 Å². The zero-order valence-electron chi connectivity index (χ0n) is 14.7. The lowest BCUT2D eigenvalue weighted by Gasteiger charge is -2.34. The fourth-order valence-corrected chi connectivity index (χ4v) is 3.48. The number of thiophene rings is 1. The number of hydrogen-bond donors (Lipinski definition) is 0. The van der Waals surface area contributed by atoms with Gasteiger partial charge < -0.3 is 19.3 Å². The number of hydrogen-bond acceptors (Lipinski definition) is 5. The van der Waals surface area contributed by atoms with E-state index in [0.717, 1.165) is 4.88 Å². The van der Waals surface area contributed by atoms with Gasteiger partial charge in [-0.25, -0.2) is 0 Å². The standard InChI is InChI=1S/C19H22N2O4S/c1-2-24-15-6-3-4-7-16(15)25-14-18(22)20-9-11-21(12-10-20)19(23)17-8-5-13-26-17/h3-8,13H,2,9-12,14H2,1H3. The molecule has 0 aliphatic carbocycles. The first kappa shape index (κ1) is 18.3. The predicted octanol–water partition coefficient (Wildman–Crippen LogP) is 2.51. The Morgan fingerprint density at radius 2 is 1.62 bits per heavy atom. The molecule has 0 saturated carbocycles. The molecular formula is C19H22N2O4S. The van der Waals surface area contributed by atoms with Crippen molar-refractivity contribution in [2.75, 3.05) is 39.4 Å². The summed E-state index contributed by atoms with van der Waals surface area (Å²) in [4.78, 5) is 29.0. The van der Waals surface area contributed by atoms with E-state index in [1.807, 2.05) is 42.6 Å². The second kappa shape index (κ2) is 8.71. The molecule has 6 nitrogen and oxygen atoms in total. The average molecular weight is 374 g/mol. The third kappa shape index (κ3) is 4.35. The van der Waals surface area contributed by atoms with Crippen molar-refractivity contribution >= 4 is 23.2 Å². The molecule has 2 aromatic rings. The minimum Gasteiger partial charge on any atom is -0.490 e. The number of ether oxygens (including phenoxy) is 2. The smallest absolute Gasteiger partial charge is 0.264 e. The second-order valence-electron chi connectivity index (χ2n) is 5.82. The summed E-state index contributed by atoms with van der Waals surface area (Å²) in [7, 11) is 0.